The highest BCUT2D eigenvalue weighted by atomic mass is 16.5. The third kappa shape index (κ3) is 2.80. The highest BCUT2D eigenvalue weighted by molar-refractivity contribution is 5.80. The van der Waals surface area contributed by atoms with Crippen molar-refractivity contribution < 1.29 is 9.53 Å². The van der Waals surface area contributed by atoms with E-state index in [1.54, 1.807) is 0 Å². The second kappa shape index (κ2) is 6.79. The first-order valence-corrected chi connectivity index (χ1v) is 10.3. The average molecular weight is 361 g/mol. The number of ether oxygens (including phenoxy) is 1. The first kappa shape index (κ1) is 17.0. The van der Waals surface area contributed by atoms with E-state index in [4.69, 9.17) is 4.74 Å². The Kier molecular flexibility index (Phi) is 4.28. The highest BCUT2D eigenvalue weighted by Crippen LogP contribution is 2.54. The molecule has 1 saturated heterocycles. The van der Waals surface area contributed by atoms with E-state index in [0.29, 0.717) is 12.2 Å². The van der Waals surface area contributed by atoms with Crippen LogP contribution in [0, 0.1) is 11.8 Å². The van der Waals surface area contributed by atoms with Crippen LogP contribution in [0.5, 0.6) is 5.75 Å². The molecule has 3 heteroatoms. The third-order valence-corrected chi connectivity index (χ3v) is 7.06. The number of rotatable bonds is 4. The maximum Gasteiger partial charge on any atom is 0.153 e. The van der Waals surface area contributed by atoms with Crippen LogP contribution >= 0.6 is 0 Å². The number of fused-ring (bicyclic) bond motifs is 1. The molecule has 1 saturated carbocycles. The first-order valence-electron chi connectivity index (χ1n) is 10.3. The minimum absolute atomic E-state index is 0.0982. The molecule has 0 spiro atoms. The number of hydrogen-bond acceptors (Lipinski definition) is 3. The van der Waals surface area contributed by atoms with Crippen LogP contribution < -0.4 is 10.1 Å². The second-order valence-electron chi connectivity index (χ2n) is 8.44. The molecule has 5 rings (SSSR count). The molecular formula is C24H27NO2. The van der Waals surface area contributed by atoms with Gasteiger partial charge in [0.1, 0.15) is 12.4 Å². The maximum atomic E-state index is 11.8. The fraction of sp³-hybridized carbons (Fsp3) is 0.458. The molecule has 3 aliphatic rings. The predicted molar refractivity (Wildman–Crippen MR) is 106 cm³/mol. The number of hydrogen-bond donors (Lipinski definition) is 1. The van der Waals surface area contributed by atoms with E-state index in [0.717, 1.165) is 42.4 Å². The monoisotopic (exact) mass is 361 g/mol. The van der Waals surface area contributed by atoms with E-state index in [-0.39, 0.29) is 5.54 Å². The topological polar surface area (TPSA) is 38.3 Å². The van der Waals surface area contributed by atoms with Crippen molar-refractivity contribution in [2.45, 2.75) is 50.7 Å². The predicted octanol–water partition coefficient (Wildman–Crippen LogP) is 4.63. The van der Waals surface area contributed by atoms with Gasteiger partial charge in [0.25, 0.3) is 0 Å². The van der Waals surface area contributed by atoms with Gasteiger partial charge in [-0.3, -0.25) is 4.79 Å². The maximum absolute atomic E-state index is 11.8. The number of carbonyl (C=O) groups is 1. The molecule has 2 fully saturated rings. The summed E-state index contributed by atoms with van der Waals surface area (Å²) >= 11 is 0. The Morgan fingerprint density at radius 1 is 1.15 bits per heavy atom. The summed E-state index contributed by atoms with van der Waals surface area (Å²) in [5, 5.41) is 3.92. The van der Waals surface area contributed by atoms with Crippen LogP contribution in [0.2, 0.25) is 0 Å². The fourth-order valence-electron chi connectivity index (χ4n) is 5.88. The van der Waals surface area contributed by atoms with E-state index in [1.165, 1.54) is 43.2 Å². The molecule has 3 unspecified atom stereocenters. The molecule has 140 valence electrons. The van der Waals surface area contributed by atoms with E-state index in [9.17, 15) is 4.79 Å². The molecule has 1 aliphatic heterocycles. The van der Waals surface area contributed by atoms with Gasteiger partial charge in [0.15, 0.2) is 6.29 Å². The molecule has 2 bridgehead atoms. The van der Waals surface area contributed by atoms with Crippen LogP contribution in [0.15, 0.2) is 42.5 Å². The van der Waals surface area contributed by atoms with Gasteiger partial charge in [0, 0.05) is 5.54 Å². The Morgan fingerprint density at radius 2 is 2.04 bits per heavy atom. The van der Waals surface area contributed by atoms with Crippen molar-refractivity contribution in [2.24, 2.45) is 11.8 Å². The van der Waals surface area contributed by atoms with Crippen molar-refractivity contribution in [3.63, 3.8) is 0 Å². The minimum atomic E-state index is 0.0982. The Labute approximate surface area is 161 Å². The van der Waals surface area contributed by atoms with E-state index in [1.807, 2.05) is 18.2 Å². The SMILES string of the molecule is O=Cc1cc2c(cc1OCc1ccccc1)C13CCCCC1C(CCN3)C2. The molecule has 0 aromatic heterocycles. The van der Waals surface area contributed by atoms with Gasteiger partial charge in [0.2, 0.25) is 0 Å². The molecule has 0 radical (unpaired) electrons. The molecule has 1 N–H and O–H groups in total. The molecule has 1 heterocycles. The van der Waals surface area contributed by atoms with Gasteiger partial charge in [0.05, 0.1) is 5.56 Å². The summed E-state index contributed by atoms with van der Waals surface area (Å²) < 4.78 is 6.14. The van der Waals surface area contributed by atoms with Gasteiger partial charge in [-0.2, -0.15) is 0 Å². The van der Waals surface area contributed by atoms with Crippen molar-refractivity contribution in [3.05, 3.63) is 64.7 Å². The van der Waals surface area contributed by atoms with Crippen LogP contribution in [-0.2, 0) is 18.6 Å². The molecule has 2 aromatic carbocycles. The standard InChI is InChI=1S/C24H27NO2/c26-15-20-13-19-12-18-9-11-25-24(10-5-4-8-21(18)24)22(19)14-23(20)27-16-17-6-2-1-3-7-17/h1-3,6-7,13-15,18,21,25H,4-5,8-12,16H2. The normalized spacial score (nSPS) is 28.7. The quantitative estimate of drug-likeness (QED) is 0.807. The second-order valence-corrected chi connectivity index (χ2v) is 8.44. The van der Waals surface area contributed by atoms with E-state index in [2.05, 4.69) is 29.6 Å². The summed E-state index contributed by atoms with van der Waals surface area (Å²) in [5.74, 6) is 2.23. The van der Waals surface area contributed by atoms with Crippen LogP contribution in [0.25, 0.3) is 0 Å². The molecule has 2 aliphatic carbocycles. The lowest BCUT2D eigenvalue weighted by molar-refractivity contribution is 0.0345. The number of carbonyl (C=O) groups excluding carboxylic acids is 1. The van der Waals surface area contributed by atoms with Crippen molar-refractivity contribution in [2.75, 3.05) is 6.54 Å². The minimum Gasteiger partial charge on any atom is -0.488 e. The Hall–Kier alpha value is -2.13. The number of aldehydes is 1. The first-order chi connectivity index (χ1) is 13.3. The third-order valence-electron chi connectivity index (χ3n) is 7.06. The Bertz CT molecular complexity index is 843. The lowest BCUT2D eigenvalue weighted by atomic mass is 9.56. The number of benzene rings is 2. The lowest BCUT2D eigenvalue weighted by Gasteiger charge is -2.56. The Morgan fingerprint density at radius 3 is 2.89 bits per heavy atom. The van der Waals surface area contributed by atoms with Gasteiger partial charge in [-0.15, -0.1) is 0 Å². The van der Waals surface area contributed by atoms with Gasteiger partial charge in [-0.1, -0.05) is 43.2 Å². The van der Waals surface area contributed by atoms with Crippen molar-refractivity contribution in [1.82, 2.24) is 5.32 Å². The van der Waals surface area contributed by atoms with Crippen LogP contribution in [0.1, 0.15) is 59.2 Å². The van der Waals surface area contributed by atoms with Gasteiger partial charge in [-0.05, 0) is 72.9 Å². The summed E-state index contributed by atoms with van der Waals surface area (Å²) in [6.45, 7) is 1.60. The highest BCUT2D eigenvalue weighted by Gasteiger charge is 2.51. The number of nitrogens with one attached hydrogen (secondary N) is 1. The molecule has 3 nitrogen and oxygen atoms in total. The van der Waals surface area contributed by atoms with Gasteiger partial charge < -0.3 is 10.1 Å². The summed E-state index contributed by atoms with van der Waals surface area (Å²) in [5.41, 5.74) is 4.67. The summed E-state index contributed by atoms with van der Waals surface area (Å²) in [4.78, 5) is 11.8. The summed E-state index contributed by atoms with van der Waals surface area (Å²) in [6, 6.07) is 14.5. The van der Waals surface area contributed by atoms with Gasteiger partial charge in [-0.25, -0.2) is 0 Å². The van der Waals surface area contributed by atoms with E-state index >= 15 is 0 Å². The number of piperidine rings is 1. The lowest BCUT2D eigenvalue weighted by Crippen LogP contribution is -2.59. The van der Waals surface area contributed by atoms with Gasteiger partial charge >= 0.3 is 0 Å². The summed E-state index contributed by atoms with van der Waals surface area (Å²) in [6.07, 6.45) is 8.49. The van der Waals surface area contributed by atoms with Crippen molar-refractivity contribution in [3.8, 4) is 5.75 Å². The zero-order valence-corrected chi connectivity index (χ0v) is 15.7. The smallest absolute Gasteiger partial charge is 0.153 e. The van der Waals surface area contributed by atoms with Crippen molar-refractivity contribution in [1.29, 1.82) is 0 Å². The summed E-state index contributed by atoms with van der Waals surface area (Å²) in [7, 11) is 0. The molecule has 27 heavy (non-hydrogen) atoms. The largest absolute Gasteiger partial charge is 0.488 e. The molecule has 0 amide bonds. The molecule has 3 atom stereocenters. The Balaban J connectivity index is 1.54. The average Bonchev–Trinajstić information content (AvgIpc) is 2.72. The van der Waals surface area contributed by atoms with Crippen LogP contribution in [-0.4, -0.2) is 12.8 Å². The van der Waals surface area contributed by atoms with Crippen LogP contribution in [0.3, 0.4) is 0 Å². The zero-order chi connectivity index (χ0) is 18.3. The fourth-order valence-corrected chi connectivity index (χ4v) is 5.88. The van der Waals surface area contributed by atoms with E-state index < -0.39 is 0 Å². The molecule has 2 aromatic rings. The van der Waals surface area contributed by atoms with Crippen LogP contribution in [0.4, 0.5) is 0 Å². The molecular weight excluding hydrogens is 334 g/mol. The zero-order valence-electron chi connectivity index (χ0n) is 15.7. The van der Waals surface area contributed by atoms with Crippen molar-refractivity contribution >= 4 is 6.29 Å².